The van der Waals surface area contributed by atoms with E-state index in [2.05, 4.69) is 10.6 Å². The lowest BCUT2D eigenvalue weighted by Gasteiger charge is -2.19. The van der Waals surface area contributed by atoms with Crippen molar-refractivity contribution in [3.8, 4) is 0 Å². The minimum atomic E-state index is -1.20. The Bertz CT molecular complexity index is 993. The monoisotopic (exact) mass is 447 g/mol. The van der Waals surface area contributed by atoms with Crippen LogP contribution in [0.3, 0.4) is 0 Å². The van der Waals surface area contributed by atoms with Gasteiger partial charge in [-0.15, -0.1) is 0 Å². The fourth-order valence-corrected chi connectivity index (χ4v) is 2.88. The Labute approximate surface area is 183 Å². The molecular weight excluding hydrogens is 426 g/mol. The number of nitrogens with zero attached hydrogens (tertiary/aromatic N) is 1. The van der Waals surface area contributed by atoms with Crippen molar-refractivity contribution in [2.45, 2.75) is 39.3 Å². The smallest absolute Gasteiger partial charge is 0.309 e. The third kappa shape index (κ3) is 7.07. The SMILES string of the molecule is CC(=O)NC(CC(=O)OC(C)C(=O)Nc1cc([N+](=O)[O-])ccc1Cl)c1ccc(C)cc1. The minimum absolute atomic E-state index is 0.0274. The predicted molar refractivity (Wildman–Crippen MR) is 115 cm³/mol. The Kier molecular flexibility index (Phi) is 8.09. The van der Waals surface area contributed by atoms with Crippen LogP contribution in [0.25, 0.3) is 0 Å². The number of esters is 1. The topological polar surface area (TPSA) is 128 Å². The van der Waals surface area contributed by atoms with Crippen LogP contribution in [0.1, 0.15) is 37.4 Å². The molecule has 0 radical (unpaired) electrons. The number of carbonyl (C=O) groups is 3. The van der Waals surface area contributed by atoms with Crippen molar-refractivity contribution in [3.63, 3.8) is 0 Å². The zero-order chi connectivity index (χ0) is 23.1. The summed E-state index contributed by atoms with van der Waals surface area (Å²) in [5.74, 6) is -1.72. The van der Waals surface area contributed by atoms with E-state index in [0.29, 0.717) is 0 Å². The highest BCUT2D eigenvalue weighted by Gasteiger charge is 2.23. The van der Waals surface area contributed by atoms with Crippen LogP contribution in [-0.4, -0.2) is 28.8 Å². The average molecular weight is 448 g/mol. The number of carbonyl (C=O) groups excluding carboxylic acids is 3. The Hall–Kier alpha value is -3.46. The zero-order valence-electron chi connectivity index (χ0n) is 17.2. The third-order valence-electron chi connectivity index (χ3n) is 4.32. The average Bonchev–Trinajstić information content (AvgIpc) is 2.69. The highest BCUT2D eigenvalue weighted by atomic mass is 35.5. The predicted octanol–water partition coefficient (Wildman–Crippen LogP) is 3.69. The van der Waals surface area contributed by atoms with Crippen LogP contribution in [0.5, 0.6) is 0 Å². The molecule has 0 spiro atoms. The van der Waals surface area contributed by atoms with E-state index in [1.807, 2.05) is 19.1 Å². The van der Waals surface area contributed by atoms with Gasteiger partial charge in [0.2, 0.25) is 5.91 Å². The summed E-state index contributed by atoms with van der Waals surface area (Å²) in [4.78, 5) is 46.6. The van der Waals surface area contributed by atoms with Crippen LogP contribution in [0.15, 0.2) is 42.5 Å². The van der Waals surface area contributed by atoms with Gasteiger partial charge in [-0.2, -0.15) is 0 Å². The Balaban J connectivity index is 2.03. The molecule has 2 N–H and O–H groups in total. The fourth-order valence-electron chi connectivity index (χ4n) is 2.72. The van der Waals surface area contributed by atoms with Crippen LogP contribution in [0.2, 0.25) is 5.02 Å². The van der Waals surface area contributed by atoms with Crippen molar-refractivity contribution in [2.24, 2.45) is 0 Å². The van der Waals surface area contributed by atoms with Gasteiger partial charge in [0.25, 0.3) is 11.6 Å². The summed E-state index contributed by atoms with van der Waals surface area (Å²) in [6.07, 6.45) is -1.38. The summed E-state index contributed by atoms with van der Waals surface area (Å²) in [6, 6.07) is 10.3. The van der Waals surface area contributed by atoms with Crippen molar-refractivity contribution in [1.29, 1.82) is 0 Å². The molecule has 2 aromatic carbocycles. The van der Waals surface area contributed by atoms with Crippen LogP contribution in [-0.2, 0) is 19.1 Å². The number of aryl methyl sites for hydroxylation is 1. The summed E-state index contributed by atoms with van der Waals surface area (Å²) >= 11 is 5.97. The molecule has 31 heavy (non-hydrogen) atoms. The van der Waals surface area contributed by atoms with Gasteiger partial charge in [0.05, 0.1) is 28.1 Å². The molecule has 0 aliphatic rings. The summed E-state index contributed by atoms with van der Waals surface area (Å²) < 4.78 is 5.18. The number of halogens is 1. The van der Waals surface area contributed by atoms with Gasteiger partial charge in [-0.1, -0.05) is 41.4 Å². The van der Waals surface area contributed by atoms with Gasteiger partial charge >= 0.3 is 5.97 Å². The number of nitrogens with one attached hydrogen (secondary N) is 2. The number of rotatable bonds is 8. The molecule has 0 bridgehead atoms. The van der Waals surface area contributed by atoms with Crippen LogP contribution < -0.4 is 10.6 Å². The zero-order valence-corrected chi connectivity index (χ0v) is 17.9. The summed E-state index contributed by atoms with van der Waals surface area (Å²) in [5, 5.41) is 16.1. The number of ether oxygens (including phenoxy) is 1. The number of nitro groups is 1. The molecule has 2 aromatic rings. The standard InChI is InChI=1S/C21H22ClN3O6/c1-12-4-6-15(7-5-12)18(23-14(3)26)11-20(27)31-13(2)21(28)24-19-10-16(25(29)30)8-9-17(19)22/h4-10,13,18H,11H2,1-3H3,(H,23,26)(H,24,28). The van der Waals surface area contributed by atoms with Crippen molar-refractivity contribution in [1.82, 2.24) is 5.32 Å². The lowest BCUT2D eigenvalue weighted by molar-refractivity contribution is -0.384. The fraction of sp³-hybridized carbons (Fsp3) is 0.286. The van der Waals surface area contributed by atoms with E-state index in [4.69, 9.17) is 16.3 Å². The number of hydrogen-bond donors (Lipinski definition) is 2. The Morgan fingerprint density at radius 1 is 1.16 bits per heavy atom. The maximum atomic E-state index is 12.4. The molecule has 2 rings (SSSR count). The molecule has 0 fully saturated rings. The molecule has 0 aliphatic carbocycles. The number of anilines is 1. The van der Waals surface area contributed by atoms with Gasteiger partial charge in [-0.25, -0.2) is 0 Å². The summed E-state index contributed by atoms with van der Waals surface area (Å²) in [7, 11) is 0. The van der Waals surface area contributed by atoms with E-state index >= 15 is 0 Å². The van der Waals surface area contributed by atoms with Crippen LogP contribution in [0, 0.1) is 17.0 Å². The second-order valence-corrected chi connectivity index (χ2v) is 7.32. The first-order chi connectivity index (χ1) is 14.6. The molecular formula is C21H22ClN3O6. The summed E-state index contributed by atoms with van der Waals surface area (Å²) in [5.41, 5.74) is 1.52. The van der Waals surface area contributed by atoms with Gasteiger partial charge in [0.15, 0.2) is 6.10 Å². The molecule has 9 nitrogen and oxygen atoms in total. The van der Waals surface area contributed by atoms with E-state index in [9.17, 15) is 24.5 Å². The third-order valence-corrected chi connectivity index (χ3v) is 4.65. The second-order valence-electron chi connectivity index (χ2n) is 6.91. The largest absolute Gasteiger partial charge is 0.452 e. The van der Waals surface area contributed by atoms with Crippen LogP contribution in [0.4, 0.5) is 11.4 Å². The molecule has 0 saturated carbocycles. The first-order valence-electron chi connectivity index (χ1n) is 9.34. The van der Waals surface area contributed by atoms with Gasteiger partial charge < -0.3 is 15.4 Å². The van der Waals surface area contributed by atoms with E-state index in [-0.39, 0.29) is 28.7 Å². The second kappa shape index (κ2) is 10.5. The number of hydrogen-bond acceptors (Lipinski definition) is 6. The molecule has 2 unspecified atom stereocenters. The lowest BCUT2D eigenvalue weighted by Crippen LogP contribution is -2.33. The van der Waals surface area contributed by atoms with Gasteiger partial charge in [-0.3, -0.25) is 24.5 Å². The number of benzene rings is 2. The van der Waals surface area contributed by atoms with Crippen molar-refractivity contribution in [3.05, 3.63) is 68.7 Å². The quantitative estimate of drug-likeness (QED) is 0.361. The van der Waals surface area contributed by atoms with Crippen molar-refractivity contribution < 1.29 is 24.0 Å². The lowest BCUT2D eigenvalue weighted by atomic mass is 10.0. The maximum absolute atomic E-state index is 12.4. The van der Waals surface area contributed by atoms with E-state index in [0.717, 1.165) is 17.2 Å². The van der Waals surface area contributed by atoms with Crippen molar-refractivity contribution in [2.75, 3.05) is 5.32 Å². The molecule has 0 heterocycles. The van der Waals surface area contributed by atoms with E-state index < -0.39 is 28.9 Å². The highest BCUT2D eigenvalue weighted by molar-refractivity contribution is 6.33. The molecule has 2 amide bonds. The van der Waals surface area contributed by atoms with Gasteiger partial charge in [-0.05, 0) is 25.5 Å². The number of non-ortho nitro benzene ring substituents is 1. The van der Waals surface area contributed by atoms with Crippen molar-refractivity contribution >= 4 is 40.8 Å². The molecule has 0 aliphatic heterocycles. The Morgan fingerprint density at radius 3 is 2.39 bits per heavy atom. The minimum Gasteiger partial charge on any atom is -0.452 e. The Morgan fingerprint density at radius 2 is 1.81 bits per heavy atom. The highest BCUT2D eigenvalue weighted by Crippen LogP contribution is 2.27. The first-order valence-corrected chi connectivity index (χ1v) is 9.72. The molecule has 0 saturated heterocycles. The van der Waals surface area contributed by atoms with Gasteiger partial charge in [0, 0.05) is 19.1 Å². The molecule has 10 heteroatoms. The van der Waals surface area contributed by atoms with E-state index in [1.165, 1.54) is 26.0 Å². The van der Waals surface area contributed by atoms with Gasteiger partial charge in [0.1, 0.15) is 0 Å². The first kappa shape index (κ1) is 23.8. The number of amides is 2. The normalized spacial score (nSPS) is 12.4. The van der Waals surface area contributed by atoms with E-state index in [1.54, 1.807) is 12.1 Å². The maximum Gasteiger partial charge on any atom is 0.309 e. The summed E-state index contributed by atoms with van der Waals surface area (Å²) in [6.45, 7) is 4.61. The molecule has 2 atom stereocenters. The number of nitro benzene ring substituents is 1. The van der Waals surface area contributed by atoms with Crippen LogP contribution >= 0.6 is 11.6 Å². The molecule has 164 valence electrons. The molecule has 0 aromatic heterocycles.